The highest BCUT2D eigenvalue weighted by Gasteiger charge is 2.23. The van der Waals surface area contributed by atoms with Crippen LogP contribution in [-0.4, -0.2) is 62.8 Å². The fourth-order valence-electron chi connectivity index (χ4n) is 3.81. The molecule has 2 aromatic rings. The first kappa shape index (κ1) is 18.3. The van der Waals surface area contributed by atoms with Gasteiger partial charge in [-0.3, -0.25) is 14.3 Å². The van der Waals surface area contributed by atoms with Crippen molar-refractivity contribution in [1.82, 2.24) is 24.1 Å². The van der Waals surface area contributed by atoms with Gasteiger partial charge in [0.15, 0.2) is 0 Å². The lowest BCUT2D eigenvalue weighted by Gasteiger charge is -2.34. The van der Waals surface area contributed by atoms with Crippen LogP contribution in [0.2, 0.25) is 5.02 Å². The van der Waals surface area contributed by atoms with Crippen LogP contribution >= 0.6 is 11.6 Å². The number of aryl methyl sites for hydroxylation is 1. The SMILES string of the molecule is O=C(c1cccc(Cl)c1)N1CCN(CCn2nc3n(c2=O)CCCC3)CC1. The second-order valence-electron chi connectivity index (χ2n) is 7.17. The van der Waals surface area contributed by atoms with Gasteiger partial charge in [0.05, 0.1) is 6.54 Å². The highest BCUT2D eigenvalue weighted by Crippen LogP contribution is 2.14. The Balaban J connectivity index is 1.30. The molecule has 0 saturated carbocycles. The number of hydrogen-bond acceptors (Lipinski definition) is 4. The first-order chi connectivity index (χ1) is 13.1. The zero-order valence-corrected chi connectivity index (χ0v) is 16.1. The molecular formula is C19H24ClN5O2. The van der Waals surface area contributed by atoms with Crippen molar-refractivity contribution in [3.63, 3.8) is 0 Å². The number of fused-ring (bicyclic) bond motifs is 1. The molecule has 7 nitrogen and oxygen atoms in total. The normalized spacial score (nSPS) is 17.7. The third kappa shape index (κ3) is 3.94. The van der Waals surface area contributed by atoms with Crippen molar-refractivity contribution in [2.24, 2.45) is 0 Å². The van der Waals surface area contributed by atoms with Crippen LogP contribution < -0.4 is 5.69 Å². The Morgan fingerprint density at radius 3 is 2.63 bits per heavy atom. The third-order valence-electron chi connectivity index (χ3n) is 5.39. The highest BCUT2D eigenvalue weighted by molar-refractivity contribution is 6.30. The number of rotatable bonds is 4. The number of nitrogens with zero attached hydrogens (tertiary/aromatic N) is 5. The Hall–Kier alpha value is -2.12. The van der Waals surface area contributed by atoms with Crippen LogP contribution in [0.25, 0.3) is 0 Å². The second kappa shape index (κ2) is 7.86. The summed E-state index contributed by atoms with van der Waals surface area (Å²) < 4.78 is 3.41. The fourth-order valence-corrected chi connectivity index (χ4v) is 4.00. The summed E-state index contributed by atoms with van der Waals surface area (Å²) in [7, 11) is 0. The van der Waals surface area contributed by atoms with Crippen molar-refractivity contribution < 1.29 is 4.79 Å². The summed E-state index contributed by atoms with van der Waals surface area (Å²) in [6.45, 7) is 5.12. The zero-order chi connectivity index (χ0) is 18.8. The molecule has 0 spiro atoms. The zero-order valence-electron chi connectivity index (χ0n) is 15.3. The Morgan fingerprint density at radius 2 is 1.89 bits per heavy atom. The van der Waals surface area contributed by atoms with Crippen molar-refractivity contribution in [2.75, 3.05) is 32.7 Å². The number of piperazine rings is 1. The van der Waals surface area contributed by atoms with Gasteiger partial charge in [-0.15, -0.1) is 0 Å². The van der Waals surface area contributed by atoms with Gasteiger partial charge < -0.3 is 4.90 Å². The summed E-state index contributed by atoms with van der Waals surface area (Å²) in [6, 6.07) is 7.08. The quantitative estimate of drug-likeness (QED) is 0.794. The summed E-state index contributed by atoms with van der Waals surface area (Å²) in [5, 5.41) is 5.07. The summed E-state index contributed by atoms with van der Waals surface area (Å²) in [6.07, 6.45) is 3.06. The molecule has 3 heterocycles. The van der Waals surface area contributed by atoms with Crippen LogP contribution in [-0.2, 0) is 19.5 Å². The van der Waals surface area contributed by atoms with Gasteiger partial charge in [-0.05, 0) is 31.0 Å². The molecule has 27 heavy (non-hydrogen) atoms. The smallest absolute Gasteiger partial charge is 0.336 e. The van der Waals surface area contributed by atoms with Crippen LogP contribution in [0.4, 0.5) is 0 Å². The van der Waals surface area contributed by atoms with Gasteiger partial charge >= 0.3 is 5.69 Å². The molecule has 1 fully saturated rings. The molecule has 0 bridgehead atoms. The molecule has 2 aliphatic heterocycles. The lowest BCUT2D eigenvalue weighted by Crippen LogP contribution is -2.49. The lowest BCUT2D eigenvalue weighted by atomic mass is 10.2. The van der Waals surface area contributed by atoms with E-state index < -0.39 is 0 Å². The number of carbonyl (C=O) groups is 1. The van der Waals surface area contributed by atoms with Gasteiger partial charge in [-0.25, -0.2) is 9.48 Å². The fraction of sp³-hybridized carbons (Fsp3) is 0.526. The van der Waals surface area contributed by atoms with Crippen molar-refractivity contribution in [2.45, 2.75) is 32.4 Å². The molecule has 0 radical (unpaired) electrons. The molecule has 0 aliphatic carbocycles. The summed E-state index contributed by atoms with van der Waals surface area (Å²) in [5.74, 6) is 0.943. The minimum atomic E-state index is 0.0134. The lowest BCUT2D eigenvalue weighted by molar-refractivity contribution is 0.0631. The Morgan fingerprint density at radius 1 is 1.07 bits per heavy atom. The van der Waals surface area contributed by atoms with Crippen molar-refractivity contribution >= 4 is 17.5 Å². The number of halogens is 1. The first-order valence-corrected chi connectivity index (χ1v) is 9.93. The highest BCUT2D eigenvalue weighted by atomic mass is 35.5. The van der Waals surface area contributed by atoms with E-state index in [-0.39, 0.29) is 11.6 Å². The summed E-state index contributed by atoms with van der Waals surface area (Å²) in [4.78, 5) is 29.1. The molecule has 144 valence electrons. The topological polar surface area (TPSA) is 63.4 Å². The van der Waals surface area contributed by atoms with Crippen LogP contribution in [0.5, 0.6) is 0 Å². The Bertz CT molecular complexity index is 882. The van der Waals surface area contributed by atoms with E-state index in [9.17, 15) is 9.59 Å². The molecule has 0 N–H and O–H groups in total. The van der Waals surface area contributed by atoms with E-state index in [1.54, 1.807) is 28.9 Å². The molecular weight excluding hydrogens is 366 g/mol. The van der Waals surface area contributed by atoms with Crippen molar-refractivity contribution in [3.05, 3.63) is 51.2 Å². The van der Waals surface area contributed by atoms with Crippen LogP contribution in [0, 0.1) is 0 Å². The predicted octanol–water partition coefficient (Wildman–Crippen LogP) is 1.49. The molecule has 1 saturated heterocycles. The van der Waals surface area contributed by atoms with Crippen LogP contribution in [0.1, 0.15) is 29.0 Å². The Labute approximate surface area is 163 Å². The average molecular weight is 390 g/mol. The van der Waals surface area contributed by atoms with Crippen molar-refractivity contribution in [3.8, 4) is 0 Å². The summed E-state index contributed by atoms with van der Waals surface area (Å²) in [5.41, 5.74) is 0.644. The maximum atomic E-state index is 12.6. The van der Waals surface area contributed by atoms with E-state index in [0.29, 0.717) is 30.2 Å². The van der Waals surface area contributed by atoms with Gasteiger partial charge in [0.25, 0.3) is 5.91 Å². The van der Waals surface area contributed by atoms with E-state index in [1.807, 2.05) is 9.47 Å². The number of carbonyl (C=O) groups excluding carboxylic acids is 1. The molecule has 2 aliphatic rings. The third-order valence-corrected chi connectivity index (χ3v) is 5.63. The van der Waals surface area contributed by atoms with Crippen LogP contribution in [0.3, 0.4) is 0 Å². The van der Waals surface area contributed by atoms with Crippen LogP contribution in [0.15, 0.2) is 29.1 Å². The molecule has 8 heteroatoms. The second-order valence-corrected chi connectivity index (χ2v) is 7.61. The molecule has 4 rings (SSSR count). The van der Waals surface area contributed by atoms with Gasteiger partial charge in [-0.1, -0.05) is 17.7 Å². The largest absolute Gasteiger partial charge is 0.345 e. The first-order valence-electron chi connectivity index (χ1n) is 9.55. The number of amides is 1. The molecule has 1 aromatic heterocycles. The van der Waals surface area contributed by atoms with E-state index in [1.165, 1.54) is 0 Å². The van der Waals surface area contributed by atoms with Gasteiger partial charge in [0.2, 0.25) is 0 Å². The number of benzene rings is 1. The minimum Gasteiger partial charge on any atom is -0.336 e. The van der Waals surface area contributed by atoms with E-state index >= 15 is 0 Å². The monoisotopic (exact) mass is 389 g/mol. The maximum Gasteiger partial charge on any atom is 0.345 e. The standard InChI is InChI=1S/C19H24ClN5O2/c20-16-5-3-4-15(14-16)18(26)23-11-8-22(9-12-23)10-13-25-19(27)24-7-2-1-6-17(24)21-25/h3-5,14H,1-2,6-13H2. The molecule has 1 amide bonds. The van der Waals surface area contributed by atoms with Gasteiger partial charge in [0, 0.05) is 56.3 Å². The van der Waals surface area contributed by atoms with Gasteiger partial charge in [-0.2, -0.15) is 5.10 Å². The predicted molar refractivity (Wildman–Crippen MR) is 103 cm³/mol. The van der Waals surface area contributed by atoms with E-state index in [2.05, 4.69) is 10.00 Å². The minimum absolute atomic E-state index is 0.0134. The number of hydrogen-bond donors (Lipinski definition) is 0. The summed E-state index contributed by atoms with van der Waals surface area (Å²) >= 11 is 5.99. The Kier molecular flexibility index (Phi) is 5.31. The van der Waals surface area contributed by atoms with Crippen molar-refractivity contribution in [1.29, 1.82) is 0 Å². The van der Waals surface area contributed by atoms with E-state index in [4.69, 9.17) is 11.6 Å². The van der Waals surface area contributed by atoms with E-state index in [0.717, 1.165) is 51.3 Å². The van der Waals surface area contributed by atoms with Gasteiger partial charge in [0.1, 0.15) is 5.82 Å². The molecule has 0 atom stereocenters. The number of aromatic nitrogens is 3. The average Bonchev–Trinajstić information content (AvgIpc) is 3.02. The maximum absolute atomic E-state index is 12.6. The molecule has 0 unspecified atom stereocenters. The molecule has 1 aromatic carbocycles.